The molecule has 0 saturated carbocycles. The molecule has 1 atom stereocenters. The maximum atomic E-state index is 12.4. The standard InChI is InChI=1S/C19H26N2O2.ClH/c1-13(2)12-23-19(22)16-9-6-8-15-11-14-7-4-5-10-17(14)21(3)18(15)20-16;/h4-5,7,10,13,16,20H,6,8-9,11-12H2,1-3H3;1H. The molecular weight excluding hydrogens is 324 g/mol. The Kier molecular flexibility index (Phi) is 6.16. The lowest BCUT2D eigenvalue weighted by Gasteiger charge is -2.33. The fourth-order valence-corrected chi connectivity index (χ4v) is 3.35. The molecule has 0 spiro atoms. The van der Waals surface area contributed by atoms with Crippen LogP contribution in [0.15, 0.2) is 35.7 Å². The lowest BCUT2D eigenvalue weighted by Crippen LogP contribution is -2.43. The maximum Gasteiger partial charge on any atom is 0.328 e. The number of carbonyl (C=O) groups excluding carboxylic acids is 1. The number of carbonyl (C=O) groups is 1. The molecule has 4 nitrogen and oxygen atoms in total. The van der Waals surface area contributed by atoms with E-state index in [1.54, 1.807) is 0 Å². The van der Waals surface area contributed by atoms with Crippen molar-refractivity contribution in [1.82, 2.24) is 5.32 Å². The van der Waals surface area contributed by atoms with Gasteiger partial charge >= 0.3 is 5.97 Å². The van der Waals surface area contributed by atoms with Crippen molar-refractivity contribution in [1.29, 1.82) is 0 Å². The highest BCUT2D eigenvalue weighted by Crippen LogP contribution is 2.34. The summed E-state index contributed by atoms with van der Waals surface area (Å²) in [4.78, 5) is 14.5. The van der Waals surface area contributed by atoms with Gasteiger partial charge in [-0.3, -0.25) is 0 Å². The molecule has 1 aromatic rings. The van der Waals surface area contributed by atoms with Gasteiger partial charge < -0.3 is 15.0 Å². The van der Waals surface area contributed by atoms with Crippen LogP contribution in [0.1, 0.15) is 38.7 Å². The third kappa shape index (κ3) is 3.86. The highest BCUT2D eigenvalue weighted by molar-refractivity contribution is 5.85. The number of anilines is 1. The van der Waals surface area contributed by atoms with Crippen molar-refractivity contribution >= 4 is 24.1 Å². The molecule has 0 fully saturated rings. The molecule has 2 heterocycles. The molecule has 0 aliphatic carbocycles. The lowest BCUT2D eigenvalue weighted by molar-refractivity contribution is -0.147. The minimum atomic E-state index is -0.242. The highest BCUT2D eigenvalue weighted by atomic mass is 35.5. The van der Waals surface area contributed by atoms with Crippen LogP contribution >= 0.6 is 12.4 Å². The highest BCUT2D eigenvalue weighted by Gasteiger charge is 2.30. The summed E-state index contributed by atoms with van der Waals surface area (Å²) in [6, 6.07) is 8.24. The molecule has 132 valence electrons. The van der Waals surface area contributed by atoms with E-state index >= 15 is 0 Å². The Morgan fingerprint density at radius 2 is 2.12 bits per heavy atom. The summed E-state index contributed by atoms with van der Waals surface area (Å²) < 4.78 is 5.44. The van der Waals surface area contributed by atoms with E-state index < -0.39 is 0 Å². The van der Waals surface area contributed by atoms with Gasteiger partial charge in [0.1, 0.15) is 11.9 Å². The number of halogens is 1. The summed E-state index contributed by atoms with van der Waals surface area (Å²) in [7, 11) is 2.07. The Balaban J connectivity index is 0.00000208. The van der Waals surface area contributed by atoms with Crippen molar-refractivity contribution in [2.45, 2.75) is 45.6 Å². The Hall–Kier alpha value is -1.68. The Bertz CT molecular complexity index is 628. The van der Waals surface area contributed by atoms with Crippen LogP contribution < -0.4 is 10.2 Å². The average Bonchev–Trinajstić information content (AvgIpc) is 2.75. The zero-order valence-electron chi connectivity index (χ0n) is 14.7. The van der Waals surface area contributed by atoms with Gasteiger partial charge in [0.05, 0.1) is 6.61 Å². The van der Waals surface area contributed by atoms with E-state index in [2.05, 4.69) is 55.4 Å². The van der Waals surface area contributed by atoms with Gasteiger partial charge in [0.2, 0.25) is 0 Å². The average molecular weight is 351 g/mol. The van der Waals surface area contributed by atoms with Crippen molar-refractivity contribution in [3.63, 3.8) is 0 Å². The molecule has 1 aromatic carbocycles. The quantitative estimate of drug-likeness (QED) is 0.845. The van der Waals surface area contributed by atoms with Crippen LogP contribution in [0, 0.1) is 5.92 Å². The minimum absolute atomic E-state index is 0. The van der Waals surface area contributed by atoms with E-state index in [1.807, 2.05) is 0 Å². The third-order valence-corrected chi connectivity index (χ3v) is 4.55. The number of para-hydroxylation sites is 1. The summed E-state index contributed by atoms with van der Waals surface area (Å²) in [5.41, 5.74) is 3.97. The van der Waals surface area contributed by atoms with Gasteiger partial charge in [0, 0.05) is 12.7 Å². The molecular formula is C19H27ClN2O2. The number of benzene rings is 1. The molecule has 0 amide bonds. The third-order valence-electron chi connectivity index (χ3n) is 4.55. The number of hydrogen-bond acceptors (Lipinski definition) is 4. The second kappa shape index (κ2) is 7.93. The molecule has 24 heavy (non-hydrogen) atoms. The van der Waals surface area contributed by atoms with Crippen LogP contribution in [0.25, 0.3) is 0 Å². The number of hydrogen-bond donors (Lipinski definition) is 1. The van der Waals surface area contributed by atoms with Gasteiger partial charge in [-0.1, -0.05) is 32.0 Å². The first-order valence-electron chi connectivity index (χ1n) is 8.53. The summed E-state index contributed by atoms with van der Waals surface area (Å²) in [6.07, 6.45) is 3.85. The Morgan fingerprint density at radius 1 is 1.38 bits per heavy atom. The maximum absolute atomic E-state index is 12.4. The minimum Gasteiger partial charge on any atom is -0.464 e. The van der Waals surface area contributed by atoms with E-state index in [4.69, 9.17) is 4.74 Å². The number of rotatable bonds is 3. The first-order chi connectivity index (χ1) is 11.1. The van der Waals surface area contributed by atoms with Crippen molar-refractivity contribution in [2.75, 3.05) is 18.6 Å². The number of esters is 1. The number of ether oxygens (including phenoxy) is 1. The predicted octanol–water partition coefficient (Wildman–Crippen LogP) is 3.65. The SMILES string of the molecule is CC(C)COC(=O)C1CCCC2=C(N1)N(C)c1ccccc1C2.Cl. The zero-order chi connectivity index (χ0) is 16.4. The van der Waals surface area contributed by atoms with E-state index in [-0.39, 0.29) is 24.4 Å². The van der Waals surface area contributed by atoms with Crippen LogP contribution in [0.4, 0.5) is 5.69 Å². The lowest BCUT2D eigenvalue weighted by atomic mass is 9.95. The second-order valence-corrected chi connectivity index (χ2v) is 6.93. The number of fused-ring (bicyclic) bond motifs is 1. The first-order valence-corrected chi connectivity index (χ1v) is 8.53. The van der Waals surface area contributed by atoms with Crippen LogP contribution in [-0.2, 0) is 16.0 Å². The summed E-state index contributed by atoms with van der Waals surface area (Å²) in [6.45, 7) is 4.60. The molecule has 5 heteroatoms. The topological polar surface area (TPSA) is 41.6 Å². The van der Waals surface area contributed by atoms with Crippen molar-refractivity contribution in [3.05, 3.63) is 41.2 Å². The second-order valence-electron chi connectivity index (χ2n) is 6.93. The molecule has 0 aromatic heterocycles. The van der Waals surface area contributed by atoms with Gasteiger partial charge in [-0.05, 0) is 48.8 Å². The number of allylic oxidation sites excluding steroid dienone is 1. The predicted molar refractivity (Wildman–Crippen MR) is 99.4 cm³/mol. The summed E-state index contributed by atoms with van der Waals surface area (Å²) in [5.74, 6) is 1.33. The van der Waals surface area contributed by atoms with Gasteiger partial charge in [-0.2, -0.15) is 0 Å². The van der Waals surface area contributed by atoms with Crippen molar-refractivity contribution in [3.8, 4) is 0 Å². The van der Waals surface area contributed by atoms with E-state index in [0.29, 0.717) is 12.5 Å². The molecule has 0 radical (unpaired) electrons. The fourth-order valence-electron chi connectivity index (χ4n) is 3.35. The summed E-state index contributed by atoms with van der Waals surface area (Å²) in [5, 5.41) is 3.46. The van der Waals surface area contributed by atoms with Crippen LogP contribution in [0.3, 0.4) is 0 Å². The molecule has 2 aliphatic rings. The van der Waals surface area contributed by atoms with Crippen LogP contribution in [0.2, 0.25) is 0 Å². The molecule has 1 N–H and O–H groups in total. The van der Waals surface area contributed by atoms with Gasteiger partial charge in [-0.15, -0.1) is 12.4 Å². The van der Waals surface area contributed by atoms with E-state index in [9.17, 15) is 4.79 Å². The number of nitrogens with zero attached hydrogens (tertiary/aromatic N) is 1. The van der Waals surface area contributed by atoms with Crippen molar-refractivity contribution in [2.24, 2.45) is 5.92 Å². The van der Waals surface area contributed by atoms with E-state index in [0.717, 1.165) is 31.5 Å². The monoisotopic (exact) mass is 350 g/mol. The molecule has 2 aliphatic heterocycles. The van der Waals surface area contributed by atoms with E-state index in [1.165, 1.54) is 16.8 Å². The first kappa shape index (κ1) is 18.7. The Labute approximate surface area is 150 Å². The molecule has 0 saturated heterocycles. The largest absolute Gasteiger partial charge is 0.464 e. The van der Waals surface area contributed by atoms with Gasteiger partial charge in [0.15, 0.2) is 0 Å². The molecule has 0 bridgehead atoms. The Morgan fingerprint density at radius 3 is 2.88 bits per heavy atom. The van der Waals surface area contributed by atoms with Gasteiger partial charge in [0.25, 0.3) is 0 Å². The van der Waals surface area contributed by atoms with Crippen molar-refractivity contribution < 1.29 is 9.53 Å². The molecule has 1 unspecified atom stereocenters. The fraction of sp³-hybridized carbons (Fsp3) is 0.526. The zero-order valence-corrected chi connectivity index (χ0v) is 15.5. The van der Waals surface area contributed by atoms with Crippen LogP contribution in [-0.4, -0.2) is 25.7 Å². The van der Waals surface area contributed by atoms with Crippen LogP contribution in [0.5, 0.6) is 0 Å². The summed E-state index contributed by atoms with van der Waals surface area (Å²) >= 11 is 0. The smallest absolute Gasteiger partial charge is 0.328 e. The number of nitrogens with one attached hydrogen (secondary N) is 1. The van der Waals surface area contributed by atoms with Gasteiger partial charge in [-0.25, -0.2) is 4.79 Å². The molecule has 3 rings (SSSR count). The normalized spacial score (nSPS) is 19.7.